The van der Waals surface area contributed by atoms with Crippen LogP contribution in [0.2, 0.25) is 5.02 Å². The molecule has 0 spiro atoms. The molecule has 5 heteroatoms. The fourth-order valence-electron chi connectivity index (χ4n) is 1.01. The molecule has 0 aliphatic rings. The molecular formula is C9H8ClNO3. The molecule has 0 aromatic heterocycles. The molecule has 1 rings (SSSR count). The fourth-order valence-corrected chi connectivity index (χ4v) is 1.25. The third-order valence-electron chi connectivity index (χ3n) is 1.59. The van der Waals surface area contributed by atoms with E-state index in [1.807, 2.05) is 0 Å². The van der Waals surface area contributed by atoms with Gasteiger partial charge in [-0.05, 0) is 12.1 Å². The van der Waals surface area contributed by atoms with E-state index in [0.717, 1.165) is 4.90 Å². The molecule has 0 radical (unpaired) electrons. The number of amides is 1. The summed E-state index contributed by atoms with van der Waals surface area (Å²) in [5, 5.41) is 8.87. The van der Waals surface area contributed by atoms with Gasteiger partial charge in [-0.15, -0.1) is 0 Å². The van der Waals surface area contributed by atoms with Gasteiger partial charge in [-0.1, -0.05) is 23.7 Å². The van der Waals surface area contributed by atoms with Crippen molar-refractivity contribution in [3.05, 3.63) is 29.3 Å². The van der Waals surface area contributed by atoms with Crippen LogP contribution in [0.5, 0.6) is 0 Å². The monoisotopic (exact) mass is 213 g/mol. The quantitative estimate of drug-likeness (QED) is 0.769. The number of carbonyl (C=O) groups is 2. The number of aliphatic carboxylic acids is 1. The number of benzene rings is 1. The second-order valence-corrected chi connectivity index (χ2v) is 2.99. The predicted molar refractivity (Wildman–Crippen MR) is 52.5 cm³/mol. The van der Waals surface area contributed by atoms with Crippen molar-refractivity contribution in [2.45, 2.75) is 0 Å². The first-order valence-corrected chi connectivity index (χ1v) is 4.21. The molecular weight excluding hydrogens is 206 g/mol. The molecule has 1 aromatic rings. The standard InChI is InChI=1S/C9H8ClNO3/c10-7-3-1-2-4-8(7)11(6-12)5-9(13)14/h1-4,6H,5H2,(H,13,14). The number of rotatable bonds is 4. The van der Waals surface area contributed by atoms with Crippen LogP contribution in [0.15, 0.2) is 24.3 Å². The van der Waals surface area contributed by atoms with Gasteiger partial charge in [-0.3, -0.25) is 9.59 Å². The van der Waals surface area contributed by atoms with Crippen LogP contribution in [-0.2, 0) is 9.59 Å². The molecule has 0 saturated heterocycles. The Hall–Kier alpha value is -1.55. The van der Waals surface area contributed by atoms with E-state index in [1.54, 1.807) is 24.3 Å². The molecule has 1 aromatic carbocycles. The molecule has 1 N–H and O–H groups in total. The zero-order valence-electron chi connectivity index (χ0n) is 7.18. The number of nitrogens with zero attached hydrogens (tertiary/aromatic N) is 1. The molecule has 0 fully saturated rings. The third kappa shape index (κ3) is 2.47. The number of carboxylic acids is 1. The highest BCUT2D eigenvalue weighted by atomic mass is 35.5. The first-order valence-electron chi connectivity index (χ1n) is 3.83. The van der Waals surface area contributed by atoms with Crippen molar-refractivity contribution in [3.63, 3.8) is 0 Å². The SMILES string of the molecule is O=CN(CC(=O)O)c1ccccc1Cl. The van der Waals surface area contributed by atoms with Gasteiger partial charge in [0, 0.05) is 0 Å². The van der Waals surface area contributed by atoms with Crippen molar-refractivity contribution in [2.24, 2.45) is 0 Å². The molecule has 1 amide bonds. The van der Waals surface area contributed by atoms with Crippen LogP contribution in [0.1, 0.15) is 0 Å². The maximum absolute atomic E-state index is 10.6. The Kier molecular flexibility index (Phi) is 3.48. The van der Waals surface area contributed by atoms with E-state index in [-0.39, 0.29) is 0 Å². The van der Waals surface area contributed by atoms with E-state index in [9.17, 15) is 9.59 Å². The van der Waals surface area contributed by atoms with Crippen LogP contribution >= 0.6 is 11.6 Å². The molecule has 0 aliphatic carbocycles. The predicted octanol–water partition coefficient (Wildman–Crippen LogP) is 1.39. The number of carboxylic acid groups (broad SMARTS) is 1. The normalized spacial score (nSPS) is 9.50. The van der Waals surface area contributed by atoms with Gasteiger partial charge in [0.1, 0.15) is 6.54 Å². The van der Waals surface area contributed by atoms with E-state index in [0.29, 0.717) is 17.1 Å². The Morgan fingerprint density at radius 2 is 2.14 bits per heavy atom. The number of anilines is 1. The van der Waals surface area contributed by atoms with Gasteiger partial charge >= 0.3 is 5.97 Å². The summed E-state index contributed by atoms with van der Waals surface area (Å²) in [6.45, 7) is -0.396. The second-order valence-electron chi connectivity index (χ2n) is 2.58. The van der Waals surface area contributed by atoms with Gasteiger partial charge in [0.2, 0.25) is 6.41 Å². The Morgan fingerprint density at radius 1 is 1.50 bits per heavy atom. The van der Waals surface area contributed by atoms with Crippen molar-refractivity contribution in [2.75, 3.05) is 11.4 Å². The lowest BCUT2D eigenvalue weighted by Crippen LogP contribution is -2.28. The van der Waals surface area contributed by atoms with Gasteiger partial charge in [0.15, 0.2) is 0 Å². The van der Waals surface area contributed by atoms with Gasteiger partial charge in [0.05, 0.1) is 10.7 Å². The first-order chi connectivity index (χ1) is 6.65. The van der Waals surface area contributed by atoms with Crippen molar-refractivity contribution in [3.8, 4) is 0 Å². The molecule has 0 saturated carbocycles. The highest BCUT2D eigenvalue weighted by molar-refractivity contribution is 6.33. The number of hydrogen-bond acceptors (Lipinski definition) is 2. The molecule has 14 heavy (non-hydrogen) atoms. The average Bonchev–Trinajstić information content (AvgIpc) is 2.15. The summed E-state index contributed by atoms with van der Waals surface area (Å²) in [5.41, 5.74) is 0.395. The van der Waals surface area contributed by atoms with Crippen molar-refractivity contribution < 1.29 is 14.7 Å². The molecule has 0 heterocycles. The highest BCUT2D eigenvalue weighted by Crippen LogP contribution is 2.23. The molecule has 0 aliphatic heterocycles. The van der Waals surface area contributed by atoms with Gasteiger partial charge in [0.25, 0.3) is 0 Å². The fraction of sp³-hybridized carbons (Fsp3) is 0.111. The van der Waals surface area contributed by atoms with E-state index >= 15 is 0 Å². The Balaban J connectivity index is 2.94. The lowest BCUT2D eigenvalue weighted by atomic mass is 10.3. The topological polar surface area (TPSA) is 57.6 Å². The lowest BCUT2D eigenvalue weighted by Gasteiger charge is -2.15. The van der Waals surface area contributed by atoms with E-state index in [2.05, 4.69) is 0 Å². The first kappa shape index (κ1) is 10.5. The van der Waals surface area contributed by atoms with Crippen LogP contribution in [0.4, 0.5) is 5.69 Å². The number of halogens is 1. The minimum atomic E-state index is -1.09. The Bertz CT molecular complexity index is 354. The van der Waals surface area contributed by atoms with Crippen LogP contribution in [0, 0.1) is 0 Å². The zero-order valence-corrected chi connectivity index (χ0v) is 7.94. The van der Waals surface area contributed by atoms with Gasteiger partial charge < -0.3 is 10.0 Å². The Labute approximate surface area is 85.7 Å². The number of hydrogen-bond donors (Lipinski definition) is 1. The van der Waals surface area contributed by atoms with E-state index in [4.69, 9.17) is 16.7 Å². The highest BCUT2D eigenvalue weighted by Gasteiger charge is 2.11. The zero-order chi connectivity index (χ0) is 10.6. The van der Waals surface area contributed by atoms with Crippen LogP contribution < -0.4 is 4.90 Å². The van der Waals surface area contributed by atoms with Crippen molar-refractivity contribution in [1.82, 2.24) is 0 Å². The number of para-hydroxylation sites is 1. The Morgan fingerprint density at radius 3 is 2.64 bits per heavy atom. The molecule has 0 atom stereocenters. The summed E-state index contributed by atoms with van der Waals surface area (Å²) >= 11 is 5.79. The second kappa shape index (κ2) is 4.62. The van der Waals surface area contributed by atoms with Crippen molar-refractivity contribution >= 4 is 29.7 Å². The van der Waals surface area contributed by atoms with Crippen LogP contribution in [0.25, 0.3) is 0 Å². The molecule has 4 nitrogen and oxygen atoms in total. The minimum absolute atomic E-state index is 0.348. The summed E-state index contributed by atoms with van der Waals surface area (Å²) in [5.74, 6) is -1.09. The lowest BCUT2D eigenvalue weighted by molar-refractivity contribution is -0.136. The largest absolute Gasteiger partial charge is 0.480 e. The van der Waals surface area contributed by atoms with Gasteiger partial charge in [-0.25, -0.2) is 0 Å². The van der Waals surface area contributed by atoms with E-state index < -0.39 is 12.5 Å². The van der Waals surface area contributed by atoms with E-state index in [1.165, 1.54) is 0 Å². The summed E-state index contributed by atoms with van der Waals surface area (Å²) < 4.78 is 0. The molecule has 74 valence electrons. The van der Waals surface area contributed by atoms with Crippen LogP contribution in [-0.4, -0.2) is 24.0 Å². The number of carbonyl (C=O) groups excluding carboxylic acids is 1. The summed E-state index contributed by atoms with van der Waals surface area (Å²) in [4.78, 5) is 22.0. The maximum atomic E-state index is 10.6. The summed E-state index contributed by atoms with van der Waals surface area (Å²) in [7, 11) is 0. The average molecular weight is 214 g/mol. The maximum Gasteiger partial charge on any atom is 0.323 e. The molecule has 0 unspecified atom stereocenters. The summed E-state index contributed by atoms with van der Waals surface area (Å²) in [6, 6.07) is 6.56. The minimum Gasteiger partial charge on any atom is -0.480 e. The molecule has 0 bridgehead atoms. The summed E-state index contributed by atoms with van der Waals surface area (Å²) in [6.07, 6.45) is 0.440. The van der Waals surface area contributed by atoms with Gasteiger partial charge in [-0.2, -0.15) is 0 Å². The smallest absolute Gasteiger partial charge is 0.323 e. The van der Waals surface area contributed by atoms with Crippen LogP contribution in [0.3, 0.4) is 0 Å². The van der Waals surface area contributed by atoms with Crippen molar-refractivity contribution in [1.29, 1.82) is 0 Å². The third-order valence-corrected chi connectivity index (χ3v) is 1.91.